The fraction of sp³-hybridized carbons (Fsp3) is 0.200. The van der Waals surface area contributed by atoms with Crippen LogP contribution >= 0.6 is 23.2 Å². The van der Waals surface area contributed by atoms with Gasteiger partial charge in [0.15, 0.2) is 5.69 Å². The Morgan fingerprint density at radius 2 is 1.80 bits per heavy atom. The largest absolute Gasteiger partial charge is 0.476 e. The first-order valence-electron chi connectivity index (χ1n) is 10.9. The van der Waals surface area contributed by atoms with Crippen molar-refractivity contribution in [2.75, 3.05) is 10.2 Å². The molecule has 0 spiro atoms. The van der Waals surface area contributed by atoms with Gasteiger partial charge in [-0.15, -0.1) is 0 Å². The van der Waals surface area contributed by atoms with Crippen molar-refractivity contribution in [2.24, 2.45) is 0 Å². The Bertz CT molecular complexity index is 1530. The number of aromatic nitrogens is 3. The first-order valence-corrected chi connectivity index (χ1v) is 11.7. The van der Waals surface area contributed by atoms with Gasteiger partial charge in [-0.05, 0) is 43.2 Å². The Morgan fingerprint density at radius 1 is 1.11 bits per heavy atom. The lowest BCUT2D eigenvalue weighted by molar-refractivity contribution is 0.0691. The van der Waals surface area contributed by atoms with Crippen LogP contribution in [0.1, 0.15) is 45.7 Å². The summed E-state index contributed by atoms with van der Waals surface area (Å²) in [6.07, 6.45) is 1.55. The van der Waals surface area contributed by atoms with Crippen molar-refractivity contribution in [3.05, 3.63) is 97.1 Å². The van der Waals surface area contributed by atoms with Crippen molar-refractivity contribution in [2.45, 2.75) is 33.0 Å². The molecule has 0 unspecified atom stereocenters. The maximum atomic E-state index is 13.4. The van der Waals surface area contributed by atoms with Crippen LogP contribution in [0.3, 0.4) is 0 Å². The van der Waals surface area contributed by atoms with Gasteiger partial charge >= 0.3 is 5.97 Å². The van der Waals surface area contributed by atoms with Gasteiger partial charge in [0.2, 0.25) is 0 Å². The third-order valence-corrected chi connectivity index (χ3v) is 6.58. The number of anilines is 2. The molecule has 0 fully saturated rings. The van der Waals surface area contributed by atoms with Gasteiger partial charge in [-0.2, -0.15) is 0 Å². The molecular weight excluding hydrogens is 489 g/mol. The van der Waals surface area contributed by atoms with E-state index < -0.39 is 12.0 Å². The van der Waals surface area contributed by atoms with Crippen molar-refractivity contribution in [3.8, 4) is 0 Å². The number of hydrogen-bond donors (Lipinski definition) is 2. The fourth-order valence-electron chi connectivity index (χ4n) is 4.44. The third-order valence-electron chi connectivity index (χ3n) is 6.16. The van der Waals surface area contributed by atoms with Gasteiger partial charge in [0, 0.05) is 24.8 Å². The molecule has 1 aliphatic heterocycles. The molecule has 0 saturated carbocycles. The number of halogens is 2. The summed E-state index contributed by atoms with van der Waals surface area (Å²) >= 11 is 12.3. The lowest BCUT2D eigenvalue weighted by Crippen LogP contribution is -2.26. The zero-order valence-electron chi connectivity index (χ0n) is 18.9. The number of benzene rings is 1. The average Bonchev–Trinajstić information content (AvgIpc) is 3.26. The molecule has 178 valence electrons. The van der Waals surface area contributed by atoms with Crippen LogP contribution in [0, 0.1) is 6.92 Å². The van der Waals surface area contributed by atoms with Crippen LogP contribution in [0.2, 0.25) is 10.2 Å². The van der Waals surface area contributed by atoms with Gasteiger partial charge < -0.3 is 15.3 Å². The van der Waals surface area contributed by atoms with Gasteiger partial charge in [-0.1, -0.05) is 47.5 Å². The highest BCUT2D eigenvalue weighted by Gasteiger charge is 2.25. The number of nitrogens with zero attached hydrogens (tertiary/aromatic N) is 4. The normalized spacial score (nSPS) is 13.7. The van der Waals surface area contributed by atoms with E-state index in [1.54, 1.807) is 25.3 Å². The van der Waals surface area contributed by atoms with Gasteiger partial charge in [0.25, 0.3) is 5.56 Å². The van der Waals surface area contributed by atoms with E-state index in [1.807, 2.05) is 19.1 Å². The lowest BCUT2D eigenvalue weighted by Gasteiger charge is -2.22. The predicted molar refractivity (Wildman–Crippen MR) is 136 cm³/mol. The zero-order chi connectivity index (χ0) is 24.9. The maximum Gasteiger partial charge on any atom is 0.356 e. The Kier molecular flexibility index (Phi) is 5.86. The number of carboxylic acids is 1. The molecule has 0 amide bonds. The molecule has 3 aromatic heterocycles. The Labute approximate surface area is 210 Å². The molecule has 4 aromatic rings. The van der Waals surface area contributed by atoms with E-state index in [2.05, 4.69) is 27.3 Å². The number of carbonyl (C=O) groups is 1. The summed E-state index contributed by atoms with van der Waals surface area (Å²) < 4.78 is 1.44. The lowest BCUT2D eigenvalue weighted by atomic mass is 10.1. The van der Waals surface area contributed by atoms with Gasteiger partial charge in [0.1, 0.15) is 16.6 Å². The van der Waals surface area contributed by atoms with E-state index in [4.69, 9.17) is 28.2 Å². The molecule has 10 heteroatoms. The maximum absolute atomic E-state index is 13.4. The molecule has 0 radical (unpaired) electrons. The molecule has 1 aliphatic rings. The number of aromatic carboxylic acids is 1. The number of carboxylic acid groups (broad SMARTS) is 1. The van der Waals surface area contributed by atoms with Crippen molar-refractivity contribution >= 4 is 46.3 Å². The predicted octanol–water partition coefficient (Wildman–Crippen LogP) is 5.10. The minimum Gasteiger partial charge on any atom is -0.476 e. The van der Waals surface area contributed by atoms with Gasteiger partial charge in [-0.3, -0.25) is 9.20 Å². The monoisotopic (exact) mass is 509 g/mol. The molecule has 1 atom stereocenters. The van der Waals surface area contributed by atoms with E-state index in [-0.39, 0.29) is 22.1 Å². The minimum atomic E-state index is -1.21. The minimum absolute atomic E-state index is 0.0775. The Hall–Kier alpha value is -3.62. The Balaban J connectivity index is 1.60. The summed E-state index contributed by atoms with van der Waals surface area (Å²) in [6, 6.07) is 12.5. The van der Waals surface area contributed by atoms with E-state index in [9.17, 15) is 14.7 Å². The summed E-state index contributed by atoms with van der Waals surface area (Å²) in [5.41, 5.74) is 3.89. The summed E-state index contributed by atoms with van der Waals surface area (Å²) in [6.45, 7) is 4.92. The van der Waals surface area contributed by atoms with Crippen LogP contribution < -0.4 is 15.8 Å². The van der Waals surface area contributed by atoms with Crippen LogP contribution in [-0.4, -0.2) is 25.4 Å². The molecule has 2 N–H and O–H groups in total. The highest BCUT2D eigenvalue weighted by atomic mass is 35.5. The van der Waals surface area contributed by atoms with Crippen LogP contribution in [0.4, 0.5) is 11.5 Å². The SMILES string of the molecule is Cc1c(N2Cc3ccccc3C2)nc2c([C@@H](C)Nc3ccc(Cl)nc3C(=O)O)cc(Cl)cn2c1=O. The first kappa shape index (κ1) is 23.1. The molecule has 0 saturated heterocycles. The second kappa shape index (κ2) is 8.87. The smallest absolute Gasteiger partial charge is 0.356 e. The number of nitrogens with one attached hydrogen (secondary N) is 1. The van der Waals surface area contributed by atoms with E-state index >= 15 is 0 Å². The number of pyridine rings is 2. The molecule has 1 aromatic carbocycles. The van der Waals surface area contributed by atoms with E-state index in [0.717, 1.165) is 0 Å². The van der Waals surface area contributed by atoms with E-state index in [0.29, 0.717) is 40.7 Å². The van der Waals surface area contributed by atoms with Crippen LogP contribution in [0.25, 0.3) is 5.65 Å². The first-order chi connectivity index (χ1) is 16.7. The molecule has 8 nitrogen and oxygen atoms in total. The summed E-state index contributed by atoms with van der Waals surface area (Å²) in [4.78, 5) is 36.0. The second-order valence-corrected chi connectivity index (χ2v) is 9.32. The van der Waals surface area contributed by atoms with Crippen molar-refractivity contribution in [3.63, 3.8) is 0 Å². The van der Waals surface area contributed by atoms with Crippen LogP contribution in [0.15, 0.2) is 53.5 Å². The average molecular weight is 510 g/mol. The quantitative estimate of drug-likeness (QED) is 0.361. The topological polar surface area (TPSA) is 99.8 Å². The third kappa shape index (κ3) is 4.19. The molecule has 5 rings (SSSR count). The summed E-state index contributed by atoms with van der Waals surface area (Å²) in [7, 11) is 0. The number of hydrogen-bond acceptors (Lipinski definition) is 6. The number of fused-ring (bicyclic) bond motifs is 2. The van der Waals surface area contributed by atoms with Gasteiger partial charge in [0.05, 0.1) is 22.3 Å². The molecule has 0 aliphatic carbocycles. The zero-order valence-corrected chi connectivity index (χ0v) is 20.4. The van der Waals surface area contributed by atoms with Crippen molar-refractivity contribution in [1.82, 2.24) is 14.4 Å². The van der Waals surface area contributed by atoms with Crippen LogP contribution in [0.5, 0.6) is 0 Å². The number of rotatable bonds is 5. The summed E-state index contributed by atoms with van der Waals surface area (Å²) in [5.74, 6) is -0.597. The molecule has 0 bridgehead atoms. The Morgan fingerprint density at radius 3 is 2.46 bits per heavy atom. The standard InChI is InChI=1S/C25H21Cl2N5O3/c1-13-22(31-10-15-5-3-4-6-16(15)11-31)30-23-18(9-17(26)12-32(23)24(13)33)14(2)28-19-7-8-20(27)29-21(19)25(34)35/h3-9,12,14,28H,10-11H2,1-2H3,(H,34,35)/t14-/m1/s1. The fourth-order valence-corrected chi connectivity index (χ4v) is 4.81. The molecule has 35 heavy (non-hydrogen) atoms. The second-order valence-electron chi connectivity index (χ2n) is 8.50. The van der Waals surface area contributed by atoms with Crippen molar-refractivity contribution < 1.29 is 9.90 Å². The molecule has 4 heterocycles. The van der Waals surface area contributed by atoms with Crippen molar-refractivity contribution in [1.29, 1.82) is 0 Å². The van der Waals surface area contributed by atoms with Crippen LogP contribution in [-0.2, 0) is 13.1 Å². The van der Waals surface area contributed by atoms with E-state index in [1.165, 1.54) is 21.6 Å². The van der Waals surface area contributed by atoms with Gasteiger partial charge in [-0.25, -0.2) is 14.8 Å². The summed E-state index contributed by atoms with van der Waals surface area (Å²) in [5, 5.41) is 13.1. The highest BCUT2D eigenvalue weighted by Crippen LogP contribution is 2.31. The molecular formula is C25H21Cl2N5O3. The highest BCUT2D eigenvalue weighted by molar-refractivity contribution is 6.30.